The fourth-order valence-electron chi connectivity index (χ4n) is 2.50. The number of nitrogens with one attached hydrogen (secondary N) is 1. The maximum absolute atomic E-state index is 12.4. The normalized spacial score (nSPS) is 27.1. The molecule has 0 saturated carbocycles. The lowest BCUT2D eigenvalue weighted by molar-refractivity contribution is -0.160. The highest BCUT2D eigenvalue weighted by atomic mass is 16.6. The van der Waals surface area contributed by atoms with E-state index < -0.39 is 29.2 Å². The number of benzene rings is 1. The largest absolute Gasteiger partial charge is 0.440 e. The first kappa shape index (κ1) is 14.2. The Labute approximate surface area is 117 Å². The molecule has 1 heterocycles. The molecule has 1 aliphatic rings. The summed E-state index contributed by atoms with van der Waals surface area (Å²) < 4.78 is 5.07. The summed E-state index contributed by atoms with van der Waals surface area (Å²) in [5, 5.41) is 2.36. The van der Waals surface area contributed by atoms with E-state index in [9.17, 15) is 14.4 Å². The predicted octanol–water partition coefficient (Wildman–Crippen LogP) is 1.04. The monoisotopic (exact) mass is 275 g/mol. The lowest BCUT2D eigenvalue weighted by Crippen LogP contribution is -2.48. The average molecular weight is 275 g/mol. The van der Waals surface area contributed by atoms with E-state index >= 15 is 0 Å². The quantitative estimate of drug-likeness (QED) is 0.660. The summed E-state index contributed by atoms with van der Waals surface area (Å²) in [6.45, 7) is 3.12. The van der Waals surface area contributed by atoms with Crippen LogP contribution in [0.15, 0.2) is 30.3 Å². The van der Waals surface area contributed by atoms with Crippen molar-refractivity contribution >= 4 is 17.7 Å². The molecule has 0 aliphatic carbocycles. The molecule has 1 saturated heterocycles. The Morgan fingerprint density at radius 3 is 2.45 bits per heavy atom. The smallest absolute Gasteiger partial charge is 0.318 e. The first-order valence-electron chi connectivity index (χ1n) is 6.46. The van der Waals surface area contributed by atoms with Gasteiger partial charge in [-0.15, -0.1) is 0 Å². The number of likely N-dealkylation sites (N-methyl/N-ethyl adjacent to an activating group) is 1. The second-order valence-corrected chi connectivity index (χ2v) is 5.07. The maximum atomic E-state index is 12.4. The number of amides is 1. The van der Waals surface area contributed by atoms with E-state index in [0.29, 0.717) is 0 Å². The molecule has 1 aromatic carbocycles. The zero-order valence-electron chi connectivity index (χ0n) is 11.7. The number of Topliss-reactive ketones (excluding diaryl/α,β-unsaturated/α-hetero) is 1. The number of carbonyl (C=O) groups excluding carboxylic acids is 3. The molecule has 0 radical (unpaired) electrons. The highest BCUT2D eigenvalue weighted by molar-refractivity contribution is 6.20. The first-order chi connectivity index (χ1) is 9.41. The Balaban J connectivity index is 2.33. The summed E-state index contributed by atoms with van der Waals surface area (Å²) in [5.74, 6) is -3.00. The van der Waals surface area contributed by atoms with Crippen LogP contribution in [0.4, 0.5) is 0 Å². The van der Waals surface area contributed by atoms with Crippen LogP contribution in [-0.2, 0) is 19.1 Å². The molecule has 1 fully saturated rings. The minimum absolute atomic E-state index is 0.331. The predicted molar refractivity (Wildman–Crippen MR) is 71.9 cm³/mol. The third-order valence-electron chi connectivity index (χ3n) is 3.80. The summed E-state index contributed by atoms with van der Waals surface area (Å²) >= 11 is 0. The van der Waals surface area contributed by atoms with Gasteiger partial charge >= 0.3 is 5.97 Å². The van der Waals surface area contributed by atoms with Crippen LogP contribution in [0.5, 0.6) is 0 Å². The second-order valence-electron chi connectivity index (χ2n) is 5.07. The number of ether oxygens (including phenoxy) is 1. The van der Waals surface area contributed by atoms with Crippen LogP contribution < -0.4 is 5.32 Å². The van der Waals surface area contributed by atoms with Crippen molar-refractivity contribution in [2.45, 2.75) is 25.4 Å². The van der Waals surface area contributed by atoms with Crippen molar-refractivity contribution in [1.82, 2.24) is 5.32 Å². The Morgan fingerprint density at radius 1 is 1.30 bits per heavy atom. The van der Waals surface area contributed by atoms with Gasteiger partial charge in [0.2, 0.25) is 11.4 Å². The Hall–Kier alpha value is -2.17. The van der Waals surface area contributed by atoms with Crippen LogP contribution in [0, 0.1) is 5.92 Å². The van der Waals surface area contributed by atoms with Gasteiger partial charge in [-0.3, -0.25) is 14.4 Å². The van der Waals surface area contributed by atoms with Crippen molar-refractivity contribution < 1.29 is 19.1 Å². The molecule has 0 spiro atoms. The van der Waals surface area contributed by atoms with E-state index in [4.69, 9.17) is 4.74 Å². The van der Waals surface area contributed by atoms with E-state index in [0.717, 1.165) is 5.56 Å². The molecule has 3 unspecified atom stereocenters. The molecule has 20 heavy (non-hydrogen) atoms. The number of hydrogen-bond donors (Lipinski definition) is 1. The summed E-state index contributed by atoms with van der Waals surface area (Å²) in [6, 6.07) is 9.24. The number of hydrogen-bond acceptors (Lipinski definition) is 4. The molecule has 0 bridgehead atoms. The fraction of sp³-hybridized carbons (Fsp3) is 0.400. The molecule has 5 nitrogen and oxygen atoms in total. The van der Waals surface area contributed by atoms with E-state index in [2.05, 4.69) is 5.32 Å². The van der Waals surface area contributed by atoms with Crippen molar-refractivity contribution in [2.75, 3.05) is 7.05 Å². The molecule has 5 heteroatoms. The summed E-state index contributed by atoms with van der Waals surface area (Å²) in [5.41, 5.74) is -0.858. The van der Waals surface area contributed by atoms with Crippen molar-refractivity contribution in [3.8, 4) is 0 Å². The second kappa shape index (κ2) is 5.07. The van der Waals surface area contributed by atoms with Crippen molar-refractivity contribution in [1.29, 1.82) is 0 Å². The molecule has 1 aromatic rings. The van der Waals surface area contributed by atoms with Crippen LogP contribution in [0.25, 0.3) is 0 Å². The average Bonchev–Trinajstić information content (AvgIpc) is 2.69. The number of cyclic esters (lactones) is 1. The van der Waals surface area contributed by atoms with Gasteiger partial charge in [-0.2, -0.15) is 0 Å². The van der Waals surface area contributed by atoms with E-state index in [-0.39, 0.29) is 5.92 Å². The number of esters is 1. The van der Waals surface area contributed by atoms with Gasteiger partial charge in [0.05, 0.1) is 0 Å². The first-order valence-corrected chi connectivity index (χ1v) is 6.46. The van der Waals surface area contributed by atoms with Gasteiger partial charge in [0.1, 0.15) is 5.92 Å². The lowest BCUT2D eigenvalue weighted by Gasteiger charge is -2.19. The molecule has 3 atom stereocenters. The zero-order valence-corrected chi connectivity index (χ0v) is 11.7. The molecular formula is C15H17NO4. The van der Waals surface area contributed by atoms with Gasteiger partial charge in [-0.05, 0) is 12.5 Å². The highest BCUT2D eigenvalue weighted by Crippen LogP contribution is 2.36. The molecule has 106 valence electrons. The zero-order chi connectivity index (χ0) is 14.9. The molecule has 1 N–H and O–H groups in total. The Bertz CT molecular complexity index is 554. The van der Waals surface area contributed by atoms with E-state index in [1.807, 2.05) is 30.3 Å². The van der Waals surface area contributed by atoms with Gasteiger partial charge in [0.15, 0.2) is 0 Å². The molecule has 2 rings (SSSR count). The van der Waals surface area contributed by atoms with E-state index in [1.165, 1.54) is 14.0 Å². The van der Waals surface area contributed by atoms with Crippen molar-refractivity contribution in [3.63, 3.8) is 0 Å². The van der Waals surface area contributed by atoms with Crippen LogP contribution in [-0.4, -0.2) is 30.3 Å². The van der Waals surface area contributed by atoms with Crippen LogP contribution in [0.3, 0.4) is 0 Å². The Kier molecular flexibility index (Phi) is 3.61. The van der Waals surface area contributed by atoms with Gasteiger partial charge in [-0.25, -0.2) is 0 Å². The molecule has 1 amide bonds. The summed E-state index contributed by atoms with van der Waals surface area (Å²) in [7, 11) is 1.41. The topological polar surface area (TPSA) is 72.5 Å². The molecule has 1 aliphatic heterocycles. The van der Waals surface area contributed by atoms with Crippen molar-refractivity contribution in [2.24, 2.45) is 5.92 Å². The third-order valence-corrected chi connectivity index (χ3v) is 3.80. The van der Waals surface area contributed by atoms with Gasteiger partial charge in [0.25, 0.3) is 5.91 Å². The molecular weight excluding hydrogens is 258 g/mol. The molecule has 0 aromatic heterocycles. The lowest BCUT2D eigenvalue weighted by atomic mass is 9.81. The minimum Gasteiger partial charge on any atom is -0.440 e. The standard InChI is InChI=1S/C15H17NO4/c1-9(10-7-5-4-6-8-10)11-12(17)15(2,14(19)16-3)20-13(11)18/h4-9,11H,1-3H3,(H,16,19). The highest BCUT2D eigenvalue weighted by Gasteiger charge is 2.58. The van der Waals surface area contributed by atoms with Crippen LogP contribution in [0.1, 0.15) is 25.3 Å². The van der Waals surface area contributed by atoms with Gasteiger partial charge in [-0.1, -0.05) is 37.3 Å². The number of rotatable bonds is 3. The number of carbonyl (C=O) groups is 3. The van der Waals surface area contributed by atoms with Gasteiger partial charge < -0.3 is 10.1 Å². The number of ketones is 1. The summed E-state index contributed by atoms with van der Waals surface area (Å²) in [4.78, 5) is 36.2. The third kappa shape index (κ3) is 2.09. The Morgan fingerprint density at radius 2 is 1.90 bits per heavy atom. The van der Waals surface area contributed by atoms with Crippen molar-refractivity contribution in [3.05, 3.63) is 35.9 Å². The van der Waals surface area contributed by atoms with E-state index in [1.54, 1.807) is 6.92 Å². The maximum Gasteiger partial charge on any atom is 0.318 e. The SMILES string of the molecule is CNC(=O)C1(C)OC(=O)C(C(C)c2ccccc2)C1=O. The van der Waals surface area contributed by atoms with Crippen LogP contribution in [0.2, 0.25) is 0 Å². The van der Waals surface area contributed by atoms with Gasteiger partial charge in [0, 0.05) is 13.0 Å². The minimum atomic E-state index is -1.72. The van der Waals surface area contributed by atoms with Crippen LogP contribution >= 0.6 is 0 Å². The summed E-state index contributed by atoms with van der Waals surface area (Å²) in [6.07, 6.45) is 0. The fourth-order valence-corrected chi connectivity index (χ4v) is 2.50.